The molecular formula is C14H21ClN2O2. The molecule has 5 heteroatoms. The summed E-state index contributed by atoms with van der Waals surface area (Å²) in [5, 5.41) is 3.41. The van der Waals surface area contributed by atoms with E-state index in [2.05, 4.69) is 5.32 Å². The molecule has 4 nitrogen and oxygen atoms in total. The van der Waals surface area contributed by atoms with E-state index >= 15 is 0 Å². The van der Waals surface area contributed by atoms with Crippen molar-refractivity contribution in [2.24, 2.45) is 0 Å². The number of methoxy groups -OCH3 is 1. The number of hydrogen-bond acceptors (Lipinski definition) is 3. The number of carbonyl (C=O) groups is 1. The van der Waals surface area contributed by atoms with Crippen LogP contribution in [0.4, 0.5) is 0 Å². The predicted octanol–water partition coefficient (Wildman–Crippen LogP) is 1.88. The van der Waals surface area contributed by atoms with E-state index in [0.717, 1.165) is 17.7 Å². The number of hydrogen-bond donors (Lipinski definition) is 1. The van der Waals surface area contributed by atoms with E-state index in [1.54, 1.807) is 13.2 Å². The molecule has 0 bridgehead atoms. The van der Waals surface area contributed by atoms with Gasteiger partial charge in [-0.15, -0.1) is 0 Å². The molecule has 0 spiro atoms. The van der Waals surface area contributed by atoms with Crippen molar-refractivity contribution in [3.8, 4) is 5.75 Å². The lowest BCUT2D eigenvalue weighted by atomic mass is 10.0. The van der Waals surface area contributed by atoms with Crippen molar-refractivity contribution in [1.82, 2.24) is 10.2 Å². The number of amides is 1. The molecule has 0 aromatic heterocycles. The molecule has 106 valence electrons. The summed E-state index contributed by atoms with van der Waals surface area (Å²) >= 11 is 6.07. The summed E-state index contributed by atoms with van der Waals surface area (Å²) in [5.74, 6) is 0.641. The third-order valence-corrected chi connectivity index (χ3v) is 3.14. The second-order valence-corrected chi connectivity index (χ2v) is 5.15. The molecule has 1 N–H and O–H groups in total. The zero-order chi connectivity index (χ0) is 14.4. The lowest BCUT2D eigenvalue weighted by Crippen LogP contribution is -2.32. The number of nitrogens with one attached hydrogen (secondary N) is 1. The van der Waals surface area contributed by atoms with Crippen molar-refractivity contribution in [2.45, 2.75) is 13.3 Å². The van der Waals surface area contributed by atoms with Gasteiger partial charge in [0, 0.05) is 13.1 Å². The molecule has 0 fully saturated rings. The lowest BCUT2D eigenvalue weighted by molar-refractivity contribution is -0.120. The molecule has 1 rings (SSSR count). The number of nitrogens with zero attached hydrogens (tertiary/aromatic N) is 1. The van der Waals surface area contributed by atoms with Crippen LogP contribution < -0.4 is 10.1 Å². The van der Waals surface area contributed by atoms with Crippen LogP contribution in [0.5, 0.6) is 5.75 Å². The molecule has 0 aliphatic heterocycles. The molecule has 1 aromatic rings. The number of carbonyl (C=O) groups excluding carboxylic acids is 1. The van der Waals surface area contributed by atoms with Gasteiger partial charge in [0.1, 0.15) is 5.75 Å². The average molecular weight is 285 g/mol. The van der Waals surface area contributed by atoms with Crippen LogP contribution in [0.25, 0.3) is 0 Å². The predicted molar refractivity (Wildman–Crippen MR) is 78.0 cm³/mol. The van der Waals surface area contributed by atoms with Crippen LogP contribution in [0.2, 0.25) is 5.02 Å². The molecule has 0 aliphatic rings. The molecule has 0 saturated heterocycles. The Bertz CT molecular complexity index is 447. The van der Waals surface area contributed by atoms with E-state index in [4.69, 9.17) is 16.3 Å². The van der Waals surface area contributed by atoms with Crippen LogP contribution >= 0.6 is 11.6 Å². The first-order valence-corrected chi connectivity index (χ1v) is 6.56. The number of rotatable bonds is 6. The normalized spacial score (nSPS) is 10.6. The van der Waals surface area contributed by atoms with Crippen LogP contribution in [-0.2, 0) is 11.2 Å². The van der Waals surface area contributed by atoms with Gasteiger partial charge < -0.3 is 15.0 Å². The Morgan fingerprint density at radius 2 is 2.11 bits per heavy atom. The van der Waals surface area contributed by atoms with Crippen LogP contribution in [0.3, 0.4) is 0 Å². The summed E-state index contributed by atoms with van der Waals surface area (Å²) in [6.07, 6.45) is 0.336. The van der Waals surface area contributed by atoms with Crippen molar-refractivity contribution in [2.75, 3.05) is 34.3 Å². The minimum absolute atomic E-state index is 0.00573. The van der Waals surface area contributed by atoms with Gasteiger partial charge in [-0.1, -0.05) is 11.6 Å². The summed E-state index contributed by atoms with van der Waals surface area (Å²) in [5.41, 5.74) is 1.93. The minimum Gasteiger partial charge on any atom is -0.495 e. The standard InChI is InChI=1S/C14H21ClN2O2/c1-10-7-13(19-4)12(15)8-11(10)9-14(18)16-5-6-17(2)3/h7-8H,5-6,9H2,1-4H3,(H,16,18). The van der Waals surface area contributed by atoms with Gasteiger partial charge in [0.15, 0.2) is 0 Å². The third kappa shape index (κ3) is 5.09. The number of halogens is 1. The van der Waals surface area contributed by atoms with E-state index < -0.39 is 0 Å². The molecule has 0 heterocycles. The Hall–Kier alpha value is -1.26. The molecule has 0 aliphatic carbocycles. The van der Waals surface area contributed by atoms with Crippen molar-refractivity contribution in [3.05, 3.63) is 28.3 Å². The maximum absolute atomic E-state index is 11.8. The van der Waals surface area contributed by atoms with Crippen molar-refractivity contribution >= 4 is 17.5 Å². The fourth-order valence-corrected chi connectivity index (χ4v) is 1.96. The molecule has 0 radical (unpaired) electrons. The van der Waals surface area contributed by atoms with Gasteiger partial charge >= 0.3 is 0 Å². The highest BCUT2D eigenvalue weighted by Crippen LogP contribution is 2.27. The lowest BCUT2D eigenvalue weighted by Gasteiger charge is -2.12. The Morgan fingerprint density at radius 1 is 1.42 bits per heavy atom. The molecule has 0 unspecified atom stereocenters. The van der Waals surface area contributed by atoms with Gasteiger partial charge in [0.2, 0.25) is 5.91 Å². The van der Waals surface area contributed by atoms with Crippen LogP contribution in [0.15, 0.2) is 12.1 Å². The molecule has 1 amide bonds. The summed E-state index contributed by atoms with van der Waals surface area (Å²) in [4.78, 5) is 13.8. The maximum atomic E-state index is 11.8. The van der Waals surface area contributed by atoms with Crippen LogP contribution in [0.1, 0.15) is 11.1 Å². The van der Waals surface area contributed by atoms with E-state index in [9.17, 15) is 4.79 Å². The monoisotopic (exact) mass is 284 g/mol. The zero-order valence-corrected chi connectivity index (χ0v) is 12.7. The molecule has 0 saturated carbocycles. The number of likely N-dealkylation sites (N-methyl/N-ethyl adjacent to an activating group) is 1. The average Bonchev–Trinajstić information content (AvgIpc) is 2.32. The largest absolute Gasteiger partial charge is 0.495 e. The fourth-order valence-electron chi connectivity index (χ4n) is 1.70. The van der Waals surface area contributed by atoms with Crippen molar-refractivity contribution in [3.63, 3.8) is 0 Å². The quantitative estimate of drug-likeness (QED) is 0.867. The van der Waals surface area contributed by atoms with Crippen molar-refractivity contribution in [1.29, 1.82) is 0 Å². The van der Waals surface area contributed by atoms with Gasteiger partial charge in [0.25, 0.3) is 0 Å². The first-order chi connectivity index (χ1) is 8.93. The van der Waals surface area contributed by atoms with Crippen LogP contribution in [0, 0.1) is 6.92 Å². The number of aryl methyl sites for hydroxylation is 1. The topological polar surface area (TPSA) is 41.6 Å². The van der Waals surface area contributed by atoms with E-state index in [-0.39, 0.29) is 5.91 Å². The zero-order valence-electron chi connectivity index (χ0n) is 11.9. The number of ether oxygens (including phenoxy) is 1. The van der Waals surface area contributed by atoms with Gasteiger partial charge in [0.05, 0.1) is 18.6 Å². The molecule has 1 aromatic carbocycles. The Balaban J connectivity index is 2.62. The third-order valence-electron chi connectivity index (χ3n) is 2.84. The Labute approximate surface area is 119 Å². The second-order valence-electron chi connectivity index (χ2n) is 4.74. The van der Waals surface area contributed by atoms with E-state index in [1.807, 2.05) is 32.0 Å². The highest BCUT2D eigenvalue weighted by atomic mass is 35.5. The van der Waals surface area contributed by atoms with Gasteiger partial charge in [-0.2, -0.15) is 0 Å². The van der Waals surface area contributed by atoms with E-state index in [0.29, 0.717) is 23.7 Å². The molecular weight excluding hydrogens is 264 g/mol. The molecule has 19 heavy (non-hydrogen) atoms. The molecule has 0 atom stereocenters. The van der Waals surface area contributed by atoms with Gasteiger partial charge in [-0.3, -0.25) is 4.79 Å². The van der Waals surface area contributed by atoms with Crippen molar-refractivity contribution < 1.29 is 9.53 Å². The van der Waals surface area contributed by atoms with Gasteiger partial charge in [-0.25, -0.2) is 0 Å². The van der Waals surface area contributed by atoms with Crippen LogP contribution in [-0.4, -0.2) is 45.1 Å². The highest BCUT2D eigenvalue weighted by Gasteiger charge is 2.10. The Kier molecular flexibility index (Phi) is 6.12. The Morgan fingerprint density at radius 3 is 2.68 bits per heavy atom. The smallest absolute Gasteiger partial charge is 0.224 e. The second kappa shape index (κ2) is 7.36. The van der Waals surface area contributed by atoms with E-state index in [1.165, 1.54) is 0 Å². The van der Waals surface area contributed by atoms with Gasteiger partial charge in [-0.05, 0) is 44.3 Å². The first kappa shape index (κ1) is 15.8. The highest BCUT2D eigenvalue weighted by molar-refractivity contribution is 6.32. The summed E-state index contributed by atoms with van der Waals surface area (Å²) in [6, 6.07) is 3.64. The first-order valence-electron chi connectivity index (χ1n) is 6.18. The summed E-state index contributed by atoms with van der Waals surface area (Å²) in [6.45, 7) is 3.42. The summed E-state index contributed by atoms with van der Waals surface area (Å²) in [7, 11) is 5.52. The summed E-state index contributed by atoms with van der Waals surface area (Å²) < 4.78 is 5.14. The SMILES string of the molecule is COc1cc(C)c(CC(=O)NCCN(C)C)cc1Cl. The maximum Gasteiger partial charge on any atom is 0.224 e. The fraction of sp³-hybridized carbons (Fsp3) is 0.500. The minimum atomic E-state index is 0.00573. The number of benzene rings is 1.